The zero-order valence-electron chi connectivity index (χ0n) is 31.1. The van der Waals surface area contributed by atoms with E-state index in [1.54, 1.807) is 39.9 Å². The molecule has 3 aromatic heterocycles. The molecule has 2 N–H and O–H groups in total. The van der Waals surface area contributed by atoms with Crippen molar-refractivity contribution in [1.29, 1.82) is 0 Å². The average Bonchev–Trinajstić information content (AvgIpc) is 3.68. The Balaban J connectivity index is 1.09. The fraction of sp³-hybridized carbons (Fsp3) is 0.525. The van der Waals surface area contributed by atoms with Crippen LogP contribution in [0.3, 0.4) is 0 Å². The molecule has 8 rings (SSSR count). The molecule has 12 nitrogen and oxygen atoms in total. The maximum absolute atomic E-state index is 14.7. The minimum absolute atomic E-state index is 0.0358. The highest BCUT2D eigenvalue weighted by Gasteiger charge is 2.56. The van der Waals surface area contributed by atoms with Crippen LogP contribution in [-0.2, 0) is 11.0 Å². The predicted molar refractivity (Wildman–Crippen MR) is 194 cm³/mol. The van der Waals surface area contributed by atoms with Gasteiger partial charge in [0.15, 0.2) is 11.5 Å². The molecule has 2 amide bonds. The van der Waals surface area contributed by atoms with Crippen LogP contribution in [0.1, 0.15) is 104 Å². The summed E-state index contributed by atoms with van der Waals surface area (Å²) in [6, 6.07) is 6.26. The summed E-state index contributed by atoms with van der Waals surface area (Å²) in [4.78, 5) is 57.0. The molecule has 0 spiro atoms. The minimum atomic E-state index is -5.11. The lowest BCUT2D eigenvalue weighted by molar-refractivity contribution is -0.146. The first-order chi connectivity index (χ1) is 27.1. The van der Waals surface area contributed by atoms with Crippen molar-refractivity contribution in [2.75, 3.05) is 13.1 Å². The van der Waals surface area contributed by atoms with Crippen molar-refractivity contribution in [3.8, 4) is 17.1 Å². The molecule has 1 saturated heterocycles. The van der Waals surface area contributed by atoms with Crippen LogP contribution in [0, 0.1) is 17.8 Å². The number of hydrogen-bond acceptors (Lipinski definition) is 8. The topological polar surface area (TPSA) is 152 Å². The van der Waals surface area contributed by atoms with Gasteiger partial charge in [-0.2, -0.15) is 13.2 Å². The summed E-state index contributed by atoms with van der Waals surface area (Å²) >= 11 is 0. The molecule has 2 bridgehead atoms. The van der Waals surface area contributed by atoms with Gasteiger partial charge < -0.3 is 24.6 Å². The van der Waals surface area contributed by atoms with Crippen molar-refractivity contribution in [2.45, 2.75) is 101 Å². The van der Waals surface area contributed by atoms with E-state index < -0.39 is 52.7 Å². The van der Waals surface area contributed by atoms with Crippen LogP contribution in [0.25, 0.3) is 22.3 Å². The van der Waals surface area contributed by atoms with E-state index in [0.29, 0.717) is 55.4 Å². The zero-order chi connectivity index (χ0) is 40.3. The van der Waals surface area contributed by atoms with Crippen molar-refractivity contribution >= 4 is 28.7 Å². The van der Waals surface area contributed by atoms with E-state index in [9.17, 15) is 41.4 Å². The molecule has 4 heterocycles. The normalized spacial score (nSPS) is 25.4. The first kappa shape index (κ1) is 38.6. The number of benzene rings is 1. The number of amides is 2. The summed E-state index contributed by atoms with van der Waals surface area (Å²) in [5.74, 6) is -5.54. The zero-order valence-corrected chi connectivity index (χ0v) is 31.1. The van der Waals surface area contributed by atoms with Crippen LogP contribution in [0.15, 0.2) is 49.1 Å². The number of rotatable bonds is 8. The van der Waals surface area contributed by atoms with Crippen LogP contribution in [0.2, 0.25) is 0 Å². The number of nitrogens with zero attached hydrogens (tertiary/aromatic N) is 6. The Hall–Kier alpha value is -5.22. The number of aromatic nitrogens is 5. The van der Waals surface area contributed by atoms with Gasteiger partial charge in [-0.15, -0.1) is 0 Å². The second-order valence-corrected chi connectivity index (χ2v) is 16.2. The Morgan fingerprint density at radius 3 is 2.39 bits per heavy atom. The fourth-order valence-electron chi connectivity index (χ4n) is 9.58. The highest BCUT2D eigenvalue weighted by atomic mass is 19.4. The molecule has 3 saturated carbocycles. The molecule has 0 radical (unpaired) electrons. The van der Waals surface area contributed by atoms with Crippen molar-refractivity contribution in [2.24, 2.45) is 17.8 Å². The number of aliphatic carboxylic acids is 1. The van der Waals surface area contributed by atoms with Crippen molar-refractivity contribution < 1.29 is 46.2 Å². The van der Waals surface area contributed by atoms with Crippen LogP contribution < -0.4 is 10.1 Å². The van der Waals surface area contributed by atoms with Gasteiger partial charge in [0.2, 0.25) is 11.7 Å². The van der Waals surface area contributed by atoms with Crippen LogP contribution in [0.4, 0.5) is 22.0 Å². The molecule has 1 aliphatic heterocycles. The predicted octanol–water partition coefficient (Wildman–Crippen LogP) is 7.35. The largest absolute Gasteiger partial charge is 0.490 e. The summed E-state index contributed by atoms with van der Waals surface area (Å²) in [6.07, 6.45) is 2.56. The molecule has 4 aliphatic rings. The first-order valence-electron chi connectivity index (χ1n) is 19.4. The molecule has 17 heteroatoms. The third-order valence-corrected chi connectivity index (χ3v) is 12.3. The number of carbonyl (C=O) groups is 3. The Morgan fingerprint density at radius 1 is 0.982 bits per heavy atom. The summed E-state index contributed by atoms with van der Waals surface area (Å²) < 4.78 is 80.9. The Morgan fingerprint density at radius 2 is 1.70 bits per heavy atom. The Labute approximate surface area is 324 Å². The van der Waals surface area contributed by atoms with Gasteiger partial charge in [-0.25, -0.2) is 33.5 Å². The standard InChI is InChI=1S/C40H42F5N7O5/c1-22-15-23-17-24(16-22)39(19-23,37(55)56)50-35(53)29-20-48-33(49-32(29)40(43,44)45)30-21-52(25-5-9-38(41,42)10-6-25)31-18-27(3-4-28(30)31)57-26-7-13-51(14-8-26)36(54)34-46-11-2-12-47-34/h2-4,11-12,18,20-26H,5-10,13-17,19H2,1H3,(H,50,53)(H,55,56). The van der Waals surface area contributed by atoms with Crippen molar-refractivity contribution in [3.05, 3.63) is 66.1 Å². The maximum Gasteiger partial charge on any atom is 0.434 e. The third kappa shape index (κ3) is 7.52. The van der Waals surface area contributed by atoms with Gasteiger partial charge in [0.05, 0.1) is 11.1 Å². The van der Waals surface area contributed by atoms with Crippen LogP contribution >= 0.6 is 0 Å². The Kier molecular flexibility index (Phi) is 9.91. The second kappa shape index (κ2) is 14.6. The summed E-state index contributed by atoms with van der Waals surface area (Å²) in [6.45, 7) is 2.82. The van der Waals surface area contributed by atoms with Gasteiger partial charge in [-0.3, -0.25) is 9.59 Å². The number of carboxylic acids is 1. The quantitative estimate of drug-likeness (QED) is 0.174. The molecule has 4 atom stereocenters. The van der Waals surface area contributed by atoms with E-state index in [2.05, 4.69) is 25.3 Å². The van der Waals surface area contributed by atoms with Gasteiger partial charge in [0, 0.05) is 86.6 Å². The van der Waals surface area contributed by atoms with Crippen LogP contribution in [-0.4, -0.2) is 82.9 Å². The molecular formula is C40H42F5N7O5. The van der Waals surface area contributed by atoms with Gasteiger partial charge in [-0.1, -0.05) is 6.92 Å². The lowest BCUT2D eigenvalue weighted by Gasteiger charge is -2.33. The van der Waals surface area contributed by atoms with E-state index in [1.807, 2.05) is 6.92 Å². The summed E-state index contributed by atoms with van der Waals surface area (Å²) in [5.41, 5.74) is -3.39. The molecular weight excluding hydrogens is 753 g/mol. The van der Waals surface area contributed by atoms with Crippen molar-refractivity contribution in [3.63, 3.8) is 0 Å². The third-order valence-electron chi connectivity index (χ3n) is 12.3. The van der Waals surface area contributed by atoms with E-state index in [4.69, 9.17) is 4.74 Å². The number of fused-ring (bicyclic) bond motifs is 3. The number of halogens is 5. The molecule has 4 unspecified atom stereocenters. The Bertz CT molecular complexity index is 2180. The molecule has 1 aromatic carbocycles. The molecule has 57 heavy (non-hydrogen) atoms. The highest BCUT2D eigenvalue weighted by Crippen LogP contribution is 2.51. The smallest absolute Gasteiger partial charge is 0.434 e. The van der Waals surface area contributed by atoms with Crippen LogP contribution in [0.5, 0.6) is 5.75 Å². The fourth-order valence-corrected chi connectivity index (χ4v) is 9.58. The number of likely N-dealkylation sites (tertiary alicyclic amines) is 1. The number of carbonyl (C=O) groups excluding carboxylic acids is 2. The number of alkyl halides is 5. The van der Waals surface area contributed by atoms with E-state index in [-0.39, 0.29) is 73.2 Å². The van der Waals surface area contributed by atoms with Gasteiger partial charge in [-0.05, 0) is 74.5 Å². The number of ether oxygens (including phenoxy) is 1. The molecule has 302 valence electrons. The number of hydrogen-bond donors (Lipinski definition) is 2. The number of piperidine rings is 1. The van der Waals surface area contributed by atoms with Gasteiger partial charge in [0.25, 0.3) is 11.8 Å². The molecule has 4 fully saturated rings. The highest BCUT2D eigenvalue weighted by molar-refractivity contribution is 6.00. The molecule has 3 aliphatic carbocycles. The summed E-state index contributed by atoms with van der Waals surface area (Å²) in [7, 11) is 0. The lowest BCUT2D eigenvalue weighted by Crippen LogP contribution is -2.57. The SMILES string of the molecule is CC1CC2CC(C1)C(NC(=O)c1cnc(-c3cn(C4CCC(F)(F)CC4)c4cc(OC5CCN(C(=O)c6ncccn6)CC5)ccc34)nc1C(F)(F)F)(C(=O)O)C2. The second-order valence-electron chi connectivity index (χ2n) is 16.2. The first-order valence-corrected chi connectivity index (χ1v) is 19.4. The van der Waals surface area contributed by atoms with Crippen molar-refractivity contribution in [1.82, 2.24) is 34.7 Å². The average molecular weight is 796 g/mol. The van der Waals surface area contributed by atoms with E-state index in [0.717, 1.165) is 12.6 Å². The molecule has 4 aromatic rings. The van der Waals surface area contributed by atoms with Gasteiger partial charge in [0.1, 0.15) is 17.4 Å². The minimum Gasteiger partial charge on any atom is -0.490 e. The lowest BCUT2D eigenvalue weighted by atomic mass is 9.78. The van der Waals surface area contributed by atoms with E-state index in [1.165, 1.54) is 12.4 Å². The monoisotopic (exact) mass is 795 g/mol. The summed E-state index contributed by atoms with van der Waals surface area (Å²) in [5, 5.41) is 13.2. The van der Waals surface area contributed by atoms with E-state index >= 15 is 0 Å². The number of nitrogens with one attached hydrogen (secondary N) is 1. The maximum atomic E-state index is 14.7. The van der Waals surface area contributed by atoms with Gasteiger partial charge >= 0.3 is 12.1 Å². The number of carboxylic acid groups (broad SMARTS) is 1.